The highest BCUT2D eigenvalue weighted by atomic mass is 35.5. The first-order valence-corrected chi connectivity index (χ1v) is 7.30. The van der Waals surface area contributed by atoms with Gasteiger partial charge in [0.1, 0.15) is 0 Å². The maximum absolute atomic E-state index is 12.0. The summed E-state index contributed by atoms with van der Waals surface area (Å²) in [6, 6.07) is 5.43. The summed E-state index contributed by atoms with van der Waals surface area (Å²) in [5.74, 6) is -0.269. The van der Waals surface area contributed by atoms with Gasteiger partial charge < -0.3 is 16.8 Å². The maximum atomic E-state index is 12.0. The van der Waals surface area contributed by atoms with Crippen LogP contribution in [-0.4, -0.2) is 16.9 Å². The molecule has 5 N–H and O–H groups in total. The fraction of sp³-hybridized carbons (Fsp3) is 0.154. The number of amides is 1. The summed E-state index contributed by atoms with van der Waals surface area (Å²) in [7, 11) is 0. The third kappa shape index (κ3) is 4.44. The number of halogens is 1. The molecule has 110 valence electrons. The summed E-state index contributed by atoms with van der Waals surface area (Å²) < 4.78 is 0. The summed E-state index contributed by atoms with van der Waals surface area (Å²) in [4.78, 5) is 19.9. The van der Waals surface area contributed by atoms with E-state index in [4.69, 9.17) is 23.1 Å². The lowest BCUT2D eigenvalue weighted by Gasteiger charge is -2.06. The van der Waals surface area contributed by atoms with Crippen LogP contribution in [0.3, 0.4) is 0 Å². The van der Waals surface area contributed by atoms with E-state index in [1.54, 1.807) is 17.5 Å². The predicted octanol–water partition coefficient (Wildman–Crippen LogP) is 2.19. The summed E-state index contributed by atoms with van der Waals surface area (Å²) in [5, 5.41) is 5.40. The van der Waals surface area contributed by atoms with Gasteiger partial charge in [0.2, 0.25) is 11.0 Å². The van der Waals surface area contributed by atoms with E-state index >= 15 is 0 Å². The van der Waals surface area contributed by atoms with Crippen molar-refractivity contribution in [1.29, 1.82) is 0 Å². The Balaban J connectivity index is 2.01. The number of aryl methyl sites for hydroxylation is 1. The summed E-state index contributed by atoms with van der Waals surface area (Å²) in [6.45, 7) is 1.93. The molecule has 1 amide bonds. The molecule has 0 aliphatic heterocycles. The van der Waals surface area contributed by atoms with Crippen molar-refractivity contribution < 1.29 is 4.79 Å². The summed E-state index contributed by atoms with van der Waals surface area (Å²) >= 11 is 7.33. The van der Waals surface area contributed by atoms with Crippen molar-refractivity contribution in [3.63, 3.8) is 0 Å². The first kappa shape index (κ1) is 15.3. The third-order valence-electron chi connectivity index (χ3n) is 2.50. The van der Waals surface area contributed by atoms with E-state index in [0.717, 1.165) is 5.56 Å². The number of hydrogen-bond acceptors (Lipinski definition) is 4. The number of hydrogen-bond donors (Lipinski definition) is 3. The highest BCUT2D eigenvalue weighted by Crippen LogP contribution is 2.23. The molecule has 0 atom stereocenters. The fourth-order valence-electron chi connectivity index (χ4n) is 1.62. The Bertz CT molecular complexity index is 694. The Kier molecular flexibility index (Phi) is 4.77. The second-order valence-corrected chi connectivity index (χ2v) is 5.61. The summed E-state index contributed by atoms with van der Waals surface area (Å²) in [5.41, 5.74) is 12.7. The van der Waals surface area contributed by atoms with Crippen molar-refractivity contribution in [3.05, 3.63) is 39.9 Å². The van der Waals surface area contributed by atoms with E-state index in [1.807, 2.05) is 13.0 Å². The molecule has 0 fully saturated rings. The van der Waals surface area contributed by atoms with E-state index in [0.29, 0.717) is 21.5 Å². The van der Waals surface area contributed by atoms with Crippen LogP contribution >= 0.6 is 22.9 Å². The number of aromatic nitrogens is 1. The van der Waals surface area contributed by atoms with E-state index in [2.05, 4.69) is 15.3 Å². The standard InChI is InChI=1S/C13H14ClN5OS/c1-7-2-3-10(9(14)4-7)18-11(20)5-8-6-21-13(17-8)19-12(15)16/h2-4,6H,5H2,1H3,(H,18,20)(H4,15,16,17,19). The lowest BCUT2D eigenvalue weighted by molar-refractivity contribution is -0.115. The number of aliphatic imine (C=N–C) groups is 1. The number of nitrogens with one attached hydrogen (secondary N) is 1. The Labute approximate surface area is 130 Å². The number of rotatable bonds is 4. The van der Waals surface area contributed by atoms with Crippen LogP contribution in [0.4, 0.5) is 10.8 Å². The molecule has 0 spiro atoms. The van der Waals surface area contributed by atoms with Crippen LogP contribution in [0.2, 0.25) is 5.02 Å². The predicted molar refractivity (Wildman–Crippen MR) is 86.1 cm³/mol. The second-order valence-electron chi connectivity index (χ2n) is 4.37. The quantitative estimate of drug-likeness (QED) is 0.592. The van der Waals surface area contributed by atoms with Crippen molar-refractivity contribution in [3.8, 4) is 0 Å². The Hall–Kier alpha value is -2.12. The molecule has 0 bridgehead atoms. The minimum Gasteiger partial charge on any atom is -0.370 e. The molecule has 1 aromatic heterocycles. The molecule has 1 aromatic carbocycles. The molecular weight excluding hydrogens is 310 g/mol. The van der Waals surface area contributed by atoms with Crippen molar-refractivity contribution in [1.82, 2.24) is 4.98 Å². The molecule has 6 nitrogen and oxygen atoms in total. The maximum Gasteiger partial charge on any atom is 0.230 e. The van der Waals surface area contributed by atoms with Gasteiger partial charge in [-0.05, 0) is 24.6 Å². The second kappa shape index (κ2) is 6.55. The van der Waals surface area contributed by atoms with E-state index in [1.165, 1.54) is 11.3 Å². The molecule has 0 saturated carbocycles. The van der Waals surface area contributed by atoms with E-state index < -0.39 is 0 Å². The Morgan fingerprint density at radius 1 is 1.48 bits per heavy atom. The molecule has 0 aliphatic carbocycles. The van der Waals surface area contributed by atoms with Crippen LogP contribution in [-0.2, 0) is 11.2 Å². The number of anilines is 1. The fourth-order valence-corrected chi connectivity index (χ4v) is 2.61. The highest BCUT2D eigenvalue weighted by Gasteiger charge is 2.10. The smallest absolute Gasteiger partial charge is 0.230 e. The van der Waals surface area contributed by atoms with Gasteiger partial charge in [-0.25, -0.2) is 4.98 Å². The van der Waals surface area contributed by atoms with Crippen LogP contribution in [0, 0.1) is 6.92 Å². The number of carbonyl (C=O) groups excluding carboxylic acids is 1. The van der Waals surface area contributed by atoms with Crippen molar-refractivity contribution in [2.24, 2.45) is 16.5 Å². The van der Waals surface area contributed by atoms with Gasteiger partial charge >= 0.3 is 0 Å². The van der Waals surface area contributed by atoms with Gasteiger partial charge in [-0.2, -0.15) is 4.99 Å². The molecule has 0 unspecified atom stereocenters. The van der Waals surface area contributed by atoms with Crippen molar-refractivity contribution in [2.75, 3.05) is 5.32 Å². The summed E-state index contributed by atoms with van der Waals surface area (Å²) in [6.07, 6.45) is 0.126. The van der Waals surface area contributed by atoms with Gasteiger partial charge in [-0.15, -0.1) is 11.3 Å². The molecule has 21 heavy (non-hydrogen) atoms. The average molecular weight is 324 g/mol. The average Bonchev–Trinajstić information content (AvgIpc) is 2.79. The van der Waals surface area contributed by atoms with Crippen LogP contribution < -0.4 is 16.8 Å². The minimum absolute atomic E-state index is 0.0632. The zero-order valence-electron chi connectivity index (χ0n) is 11.3. The van der Waals surface area contributed by atoms with Crippen molar-refractivity contribution >= 4 is 45.6 Å². The topological polar surface area (TPSA) is 106 Å². The lowest BCUT2D eigenvalue weighted by atomic mass is 10.2. The molecule has 0 saturated heterocycles. The zero-order chi connectivity index (χ0) is 15.4. The number of benzene rings is 1. The number of carbonyl (C=O) groups is 1. The number of guanidine groups is 1. The largest absolute Gasteiger partial charge is 0.370 e. The normalized spacial score (nSPS) is 10.2. The minimum atomic E-state index is -0.206. The Morgan fingerprint density at radius 3 is 2.90 bits per heavy atom. The van der Waals surface area contributed by atoms with Gasteiger partial charge in [-0.1, -0.05) is 17.7 Å². The first-order valence-electron chi connectivity index (χ1n) is 6.04. The Morgan fingerprint density at radius 2 is 2.24 bits per heavy atom. The highest BCUT2D eigenvalue weighted by molar-refractivity contribution is 7.13. The number of thiazole rings is 1. The number of nitrogens with two attached hydrogens (primary N) is 2. The molecule has 2 rings (SSSR count). The van der Waals surface area contributed by atoms with Gasteiger partial charge in [0.25, 0.3) is 0 Å². The van der Waals surface area contributed by atoms with Gasteiger partial charge in [-0.3, -0.25) is 4.79 Å². The molecule has 8 heteroatoms. The molecule has 0 radical (unpaired) electrons. The SMILES string of the molecule is Cc1ccc(NC(=O)Cc2csc(N=C(N)N)n2)c(Cl)c1. The van der Waals surface area contributed by atoms with E-state index in [9.17, 15) is 4.79 Å². The number of nitrogens with zero attached hydrogens (tertiary/aromatic N) is 2. The molecule has 2 aromatic rings. The van der Waals surface area contributed by atoms with Crippen LogP contribution in [0.5, 0.6) is 0 Å². The first-order chi connectivity index (χ1) is 9.94. The van der Waals surface area contributed by atoms with Crippen LogP contribution in [0.1, 0.15) is 11.3 Å². The molecular formula is C13H14ClN5OS. The third-order valence-corrected chi connectivity index (χ3v) is 3.60. The lowest BCUT2D eigenvalue weighted by Crippen LogP contribution is -2.21. The molecule has 1 heterocycles. The molecule has 0 aliphatic rings. The van der Waals surface area contributed by atoms with Crippen LogP contribution in [0.15, 0.2) is 28.6 Å². The van der Waals surface area contributed by atoms with Crippen LogP contribution in [0.25, 0.3) is 0 Å². The van der Waals surface area contributed by atoms with Gasteiger partial charge in [0.05, 0.1) is 22.8 Å². The van der Waals surface area contributed by atoms with Gasteiger partial charge in [0.15, 0.2) is 5.96 Å². The monoisotopic (exact) mass is 323 g/mol. The zero-order valence-corrected chi connectivity index (χ0v) is 12.8. The van der Waals surface area contributed by atoms with Crippen molar-refractivity contribution in [2.45, 2.75) is 13.3 Å². The van der Waals surface area contributed by atoms with Gasteiger partial charge in [0, 0.05) is 5.38 Å². The van der Waals surface area contributed by atoms with E-state index in [-0.39, 0.29) is 18.3 Å².